The Hall–Kier alpha value is -3.65. The molecule has 0 aliphatic heterocycles. The number of hydrogen-bond donors (Lipinski definition) is 3. The Kier molecular flexibility index (Phi) is 4.77. The van der Waals surface area contributed by atoms with Crippen LogP contribution in [0.5, 0.6) is 0 Å². The molecular formula is C21H18N4O3S. The maximum absolute atomic E-state index is 12.7. The van der Waals surface area contributed by atoms with Crippen molar-refractivity contribution in [3.05, 3.63) is 84.1 Å². The van der Waals surface area contributed by atoms with Gasteiger partial charge in [0.15, 0.2) is 5.69 Å². The first-order chi connectivity index (χ1) is 13.9. The lowest BCUT2D eigenvalue weighted by molar-refractivity contribution is 0.102. The average Bonchev–Trinajstić information content (AvgIpc) is 3.12. The number of sulfonamides is 1. The Balaban J connectivity index is 1.56. The lowest BCUT2D eigenvalue weighted by Crippen LogP contribution is -2.15. The summed E-state index contributed by atoms with van der Waals surface area (Å²) in [6.07, 6.45) is 0. The second kappa shape index (κ2) is 7.40. The predicted molar refractivity (Wildman–Crippen MR) is 112 cm³/mol. The van der Waals surface area contributed by atoms with Gasteiger partial charge in [0.2, 0.25) is 0 Å². The van der Waals surface area contributed by atoms with Crippen molar-refractivity contribution in [1.29, 1.82) is 0 Å². The normalized spacial score (nSPS) is 11.3. The van der Waals surface area contributed by atoms with Crippen molar-refractivity contribution in [3.63, 3.8) is 0 Å². The van der Waals surface area contributed by atoms with Gasteiger partial charge in [-0.2, -0.15) is 5.10 Å². The molecule has 0 spiro atoms. The zero-order valence-electron chi connectivity index (χ0n) is 15.5. The zero-order chi connectivity index (χ0) is 20.4. The van der Waals surface area contributed by atoms with Crippen LogP contribution in [0.1, 0.15) is 16.1 Å². The van der Waals surface area contributed by atoms with Crippen LogP contribution >= 0.6 is 0 Å². The lowest BCUT2D eigenvalue weighted by Gasteiger charge is -2.10. The summed E-state index contributed by atoms with van der Waals surface area (Å²) in [4.78, 5) is 12.8. The van der Waals surface area contributed by atoms with Crippen LogP contribution in [0.3, 0.4) is 0 Å². The van der Waals surface area contributed by atoms with Gasteiger partial charge in [-0.3, -0.25) is 14.6 Å². The average molecular weight is 406 g/mol. The molecule has 7 nitrogen and oxygen atoms in total. The van der Waals surface area contributed by atoms with Gasteiger partial charge in [0, 0.05) is 11.1 Å². The number of fused-ring (bicyclic) bond motifs is 1. The monoisotopic (exact) mass is 406 g/mol. The number of carbonyl (C=O) groups excluding carboxylic acids is 1. The molecule has 0 aliphatic rings. The van der Waals surface area contributed by atoms with Gasteiger partial charge in [-0.05, 0) is 49.4 Å². The van der Waals surface area contributed by atoms with Crippen LogP contribution in [0.15, 0.2) is 77.7 Å². The zero-order valence-corrected chi connectivity index (χ0v) is 16.3. The van der Waals surface area contributed by atoms with E-state index in [4.69, 9.17) is 0 Å². The largest absolute Gasteiger partial charge is 0.321 e. The van der Waals surface area contributed by atoms with Crippen molar-refractivity contribution in [2.45, 2.75) is 11.8 Å². The van der Waals surface area contributed by atoms with Gasteiger partial charge < -0.3 is 5.32 Å². The number of carbonyl (C=O) groups is 1. The number of benzene rings is 3. The third-order valence-electron chi connectivity index (χ3n) is 4.36. The minimum Gasteiger partial charge on any atom is -0.321 e. The quantitative estimate of drug-likeness (QED) is 0.467. The van der Waals surface area contributed by atoms with E-state index >= 15 is 0 Å². The Bertz CT molecular complexity index is 1300. The predicted octanol–water partition coefficient (Wildman–Crippen LogP) is 3.92. The first-order valence-corrected chi connectivity index (χ1v) is 10.3. The van der Waals surface area contributed by atoms with E-state index in [-0.39, 0.29) is 16.5 Å². The van der Waals surface area contributed by atoms with E-state index in [1.54, 1.807) is 42.5 Å². The van der Waals surface area contributed by atoms with Crippen LogP contribution in [0.4, 0.5) is 11.4 Å². The minimum atomic E-state index is -3.72. The summed E-state index contributed by atoms with van der Waals surface area (Å²) in [5.74, 6) is -0.384. The number of nitrogens with zero attached hydrogens (tertiary/aromatic N) is 1. The maximum Gasteiger partial charge on any atom is 0.276 e. The topological polar surface area (TPSA) is 104 Å². The van der Waals surface area contributed by atoms with Gasteiger partial charge in [0.1, 0.15) is 0 Å². The summed E-state index contributed by atoms with van der Waals surface area (Å²) in [5, 5.41) is 10.4. The summed E-state index contributed by atoms with van der Waals surface area (Å²) in [7, 11) is -3.72. The molecule has 0 saturated heterocycles. The molecule has 4 aromatic rings. The number of hydrogen-bond acceptors (Lipinski definition) is 4. The highest BCUT2D eigenvalue weighted by Gasteiger charge is 2.16. The first kappa shape index (κ1) is 18.7. The summed E-state index contributed by atoms with van der Waals surface area (Å²) >= 11 is 0. The van der Waals surface area contributed by atoms with Gasteiger partial charge in [-0.15, -0.1) is 0 Å². The van der Waals surface area contributed by atoms with Crippen LogP contribution in [-0.4, -0.2) is 24.5 Å². The summed E-state index contributed by atoms with van der Waals surface area (Å²) in [6, 6.07) is 20.3. The fourth-order valence-electron chi connectivity index (χ4n) is 2.97. The van der Waals surface area contributed by atoms with Gasteiger partial charge in [0.25, 0.3) is 15.9 Å². The van der Waals surface area contributed by atoms with E-state index in [0.29, 0.717) is 11.4 Å². The Morgan fingerprint density at radius 3 is 2.48 bits per heavy atom. The minimum absolute atomic E-state index is 0.160. The molecule has 29 heavy (non-hydrogen) atoms. The number of nitrogens with one attached hydrogen (secondary N) is 3. The lowest BCUT2D eigenvalue weighted by atomic mass is 10.1. The highest BCUT2D eigenvalue weighted by molar-refractivity contribution is 7.92. The molecule has 0 saturated carbocycles. The number of aromatic amines is 1. The molecule has 0 aliphatic carbocycles. The number of H-pyrrole nitrogens is 1. The van der Waals surface area contributed by atoms with E-state index < -0.39 is 10.0 Å². The van der Waals surface area contributed by atoms with Gasteiger partial charge >= 0.3 is 0 Å². The highest BCUT2D eigenvalue weighted by Crippen LogP contribution is 2.22. The van der Waals surface area contributed by atoms with E-state index in [9.17, 15) is 13.2 Å². The molecule has 3 aromatic carbocycles. The van der Waals surface area contributed by atoms with Gasteiger partial charge in [-0.25, -0.2) is 8.42 Å². The van der Waals surface area contributed by atoms with Crippen molar-refractivity contribution in [2.75, 3.05) is 10.0 Å². The molecule has 1 amide bonds. The molecule has 1 aromatic heterocycles. The van der Waals surface area contributed by atoms with Crippen LogP contribution in [0.2, 0.25) is 0 Å². The SMILES string of the molecule is Cc1ccc2[nH]nc(C(=O)Nc3cccc(NS(=O)(=O)c4ccccc4)c3)c2c1. The molecule has 0 fully saturated rings. The number of anilines is 2. The van der Waals surface area contributed by atoms with Gasteiger partial charge in [0.05, 0.1) is 16.1 Å². The molecule has 146 valence electrons. The third kappa shape index (κ3) is 3.97. The smallest absolute Gasteiger partial charge is 0.276 e. The molecule has 0 radical (unpaired) electrons. The second-order valence-electron chi connectivity index (χ2n) is 6.57. The fourth-order valence-corrected chi connectivity index (χ4v) is 4.04. The van der Waals surface area contributed by atoms with Crippen LogP contribution in [0, 0.1) is 6.92 Å². The highest BCUT2D eigenvalue weighted by atomic mass is 32.2. The number of amides is 1. The van der Waals surface area contributed by atoms with Crippen molar-refractivity contribution in [3.8, 4) is 0 Å². The van der Waals surface area contributed by atoms with E-state index in [0.717, 1.165) is 16.5 Å². The van der Waals surface area contributed by atoms with Crippen LogP contribution in [-0.2, 0) is 10.0 Å². The fraction of sp³-hybridized carbons (Fsp3) is 0.0476. The summed E-state index contributed by atoms with van der Waals surface area (Å²) in [5.41, 5.74) is 2.86. The molecular weight excluding hydrogens is 388 g/mol. The van der Waals surface area contributed by atoms with Crippen molar-refractivity contribution in [1.82, 2.24) is 10.2 Å². The Morgan fingerprint density at radius 1 is 0.931 bits per heavy atom. The molecule has 1 heterocycles. The molecule has 0 atom stereocenters. The number of aromatic nitrogens is 2. The molecule has 8 heteroatoms. The Labute approximate surface area is 167 Å². The molecule has 3 N–H and O–H groups in total. The Morgan fingerprint density at radius 2 is 1.69 bits per heavy atom. The molecule has 4 rings (SSSR count). The van der Waals surface area contributed by atoms with E-state index in [1.807, 2.05) is 25.1 Å². The second-order valence-corrected chi connectivity index (χ2v) is 8.26. The standard InChI is InChI=1S/C21H18N4O3S/c1-14-10-11-19-18(12-14)20(24-23-19)21(26)22-15-6-5-7-16(13-15)25-29(27,28)17-8-3-2-4-9-17/h2-13,25H,1H3,(H,22,26)(H,23,24). The molecule has 0 bridgehead atoms. The van der Waals surface area contributed by atoms with Gasteiger partial charge in [-0.1, -0.05) is 35.9 Å². The summed E-state index contributed by atoms with van der Waals surface area (Å²) < 4.78 is 27.5. The first-order valence-electron chi connectivity index (χ1n) is 8.86. The van der Waals surface area contributed by atoms with Crippen molar-refractivity contribution < 1.29 is 13.2 Å². The summed E-state index contributed by atoms with van der Waals surface area (Å²) in [6.45, 7) is 1.94. The van der Waals surface area contributed by atoms with Crippen LogP contribution < -0.4 is 10.0 Å². The third-order valence-corrected chi connectivity index (χ3v) is 5.76. The van der Waals surface area contributed by atoms with Crippen molar-refractivity contribution >= 4 is 38.2 Å². The number of rotatable bonds is 5. The molecule has 0 unspecified atom stereocenters. The van der Waals surface area contributed by atoms with E-state index in [2.05, 4.69) is 20.2 Å². The maximum atomic E-state index is 12.7. The van der Waals surface area contributed by atoms with Crippen LogP contribution in [0.25, 0.3) is 10.9 Å². The number of aryl methyl sites for hydroxylation is 1. The van der Waals surface area contributed by atoms with Crippen molar-refractivity contribution in [2.24, 2.45) is 0 Å². The van der Waals surface area contributed by atoms with E-state index in [1.165, 1.54) is 12.1 Å².